The first kappa shape index (κ1) is 17.0. The van der Waals surface area contributed by atoms with Crippen molar-refractivity contribution in [2.75, 3.05) is 12.4 Å². The van der Waals surface area contributed by atoms with Crippen molar-refractivity contribution in [3.63, 3.8) is 0 Å². The van der Waals surface area contributed by atoms with Crippen LogP contribution in [-0.2, 0) is 9.05 Å². The molecule has 0 spiro atoms. The molecule has 0 aliphatic carbocycles. The normalized spacial score (nSPS) is 10.9. The second-order valence-electron chi connectivity index (χ2n) is 4.57. The van der Waals surface area contributed by atoms with E-state index in [0.29, 0.717) is 16.8 Å². The molecule has 2 aromatic carbocycles. The number of hydrogen-bond donors (Lipinski definition) is 2. The monoisotopic (exact) mass is 352 g/mol. The zero-order valence-corrected chi connectivity index (χ0v) is 13.6. The lowest BCUT2D eigenvalue weighted by Crippen LogP contribution is -2.18. The zero-order chi connectivity index (χ0) is 17.0. The van der Waals surface area contributed by atoms with Crippen molar-refractivity contribution in [2.45, 2.75) is 4.90 Å². The lowest BCUT2D eigenvalue weighted by Gasteiger charge is -2.06. The standard InChI is InChI=1S/C15H13ClN2O4S/c1-17-14(19)10-2-4-11(5-3-10)15(20)18-12-6-8-13(9-7-12)23(16,21)22/h2-9H,1H3,(H,17,19)(H,18,20). The number of rotatable bonds is 4. The highest BCUT2D eigenvalue weighted by molar-refractivity contribution is 8.13. The van der Waals surface area contributed by atoms with Gasteiger partial charge < -0.3 is 10.6 Å². The molecule has 0 atom stereocenters. The van der Waals surface area contributed by atoms with Gasteiger partial charge in [0.2, 0.25) is 0 Å². The Kier molecular flexibility index (Phi) is 5.02. The van der Waals surface area contributed by atoms with E-state index in [9.17, 15) is 18.0 Å². The van der Waals surface area contributed by atoms with Crippen LogP contribution in [0.15, 0.2) is 53.4 Å². The number of anilines is 1. The quantitative estimate of drug-likeness (QED) is 0.825. The molecule has 0 unspecified atom stereocenters. The summed E-state index contributed by atoms with van der Waals surface area (Å²) >= 11 is 0. The fourth-order valence-electron chi connectivity index (χ4n) is 1.82. The molecule has 23 heavy (non-hydrogen) atoms. The lowest BCUT2D eigenvalue weighted by molar-refractivity contribution is 0.0961. The molecule has 0 saturated heterocycles. The number of amides is 2. The summed E-state index contributed by atoms with van der Waals surface area (Å²) in [5, 5.41) is 5.11. The van der Waals surface area contributed by atoms with Gasteiger partial charge in [0.05, 0.1) is 4.90 Å². The highest BCUT2D eigenvalue weighted by Gasteiger charge is 2.11. The van der Waals surface area contributed by atoms with Gasteiger partial charge >= 0.3 is 0 Å². The van der Waals surface area contributed by atoms with Gasteiger partial charge in [-0.25, -0.2) is 8.42 Å². The largest absolute Gasteiger partial charge is 0.355 e. The third kappa shape index (κ3) is 4.30. The highest BCUT2D eigenvalue weighted by atomic mass is 35.7. The van der Waals surface area contributed by atoms with Gasteiger partial charge in [-0.05, 0) is 48.5 Å². The van der Waals surface area contributed by atoms with Crippen LogP contribution in [0, 0.1) is 0 Å². The average molecular weight is 353 g/mol. The van der Waals surface area contributed by atoms with Crippen molar-refractivity contribution in [3.8, 4) is 0 Å². The van der Waals surface area contributed by atoms with Crippen molar-refractivity contribution in [3.05, 3.63) is 59.7 Å². The van der Waals surface area contributed by atoms with Crippen molar-refractivity contribution in [2.24, 2.45) is 0 Å². The van der Waals surface area contributed by atoms with Crippen LogP contribution in [-0.4, -0.2) is 27.3 Å². The summed E-state index contributed by atoms with van der Waals surface area (Å²) in [4.78, 5) is 23.5. The van der Waals surface area contributed by atoms with Crippen molar-refractivity contribution in [1.82, 2.24) is 5.32 Å². The van der Waals surface area contributed by atoms with E-state index in [0.717, 1.165) is 0 Å². The molecule has 0 bridgehead atoms. The van der Waals surface area contributed by atoms with Gasteiger partial charge in [0.15, 0.2) is 0 Å². The summed E-state index contributed by atoms with van der Waals surface area (Å²) < 4.78 is 22.3. The van der Waals surface area contributed by atoms with Crippen molar-refractivity contribution < 1.29 is 18.0 Å². The molecule has 2 aromatic rings. The van der Waals surface area contributed by atoms with Crippen molar-refractivity contribution in [1.29, 1.82) is 0 Å². The van der Waals surface area contributed by atoms with Crippen LogP contribution >= 0.6 is 10.7 Å². The van der Waals surface area contributed by atoms with Gasteiger partial charge in [0.25, 0.3) is 20.9 Å². The first-order valence-corrected chi connectivity index (χ1v) is 8.80. The molecule has 120 valence electrons. The van der Waals surface area contributed by atoms with Gasteiger partial charge in [0.1, 0.15) is 0 Å². The molecule has 2 rings (SSSR count). The second kappa shape index (κ2) is 6.80. The van der Waals surface area contributed by atoms with Gasteiger partial charge in [-0.3, -0.25) is 9.59 Å². The number of nitrogens with one attached hydrogen (secondary N) is 2. The molecule has 0 aromatic heterocycles. The Balaban J connectivity index is 2.11. The molecule has 8 heteroatoms. The summed E-state index contributed by atoms with van der Waals surface area (Å²) in [6.45, 7) is 0. The minimum atomic E-state index is -3.79. The first-order chi connectivity index (χ1) is 10.8. The van der Waals surface area contributed by atoms with Gasteiger partial charge in [-0.1, -0.05) is 0 Å². The average Bonchev–Trinajstić information content (AvgIpc) is 2.54. The van der Waals surface area contributed by atoms with E-state index in [-0.39, 0.29) is 16.7 Å². The topological polar surface area (TPSA) is 92.3 Å². The minimum Gasteiger partial charge on any atom is -0.355 e. The lowest BCUT2D eigenvalue weighted by atomic mass is 10.1. The van der Waals surface area contributed by atoms with E-state index in [2.05, 4.69) is 10.6 Å². The third-order valence-corrected chi connectivity index (χ3v) is 4.40. The summed E-state index contributed by atoms with van der Waals surface area (Å²) in [5.74, 6) is -0.621. The summed E-state index contributed by atoms with van der Waals surface area (Å²) in [6.07, 6.45) is 0. The zero-order valence-electron chi connectivity index (χ0n) is 12.0. The molecule has 0 heterocycles. The van der Waals surface area contributed by atoms with Crippen LogP contribution in [0.3, 0.4) is 0 Å². The molecule has 6 nitrogen and oxygen atoms in total. The van der Waals surface area contributed by atoms with Crippen molar-refractivity contribution >= 4 is 37.2 Å². The summed E-state index contributed by atoms with van der Waals surface area (Å²) in [5.41, 5.74) is 1.24. The first-order valence-electron chi connectivity index (χ1n) is 6.49. The molecule has 2 N–H and O–H groups in total. The number of hydrogen-bond acceptors (Lipinski definition) is 4. The van der Waals surface area contributed by atoms with E-state index in [1.54, 1.807) is 0 Å². The Hall–Kier alpha value is -2.38. The smallest absolute Gasteiger partial charge is 0.261 e. The minimum absolute atomic E-state index is 0.0490. The molecule has 0 radical (unpaired) electrons. The molecular formula is C15H13ClN2O4S. The van der Waals surface area contributed by atoms with E-state index < -0.39 is 9.05 Å². The number of halogens is 1. The van der Waals surface area contributed by atoms with Crippen LogP contribution in [0.2, 0.25) is 0 Å². The highest BCUT2D eigenvalue weighted by Crippen LogP contribution is 2.18. The van der Waals surface area contributed by atoms with Crippen LogP contribution in [0.1, 0.15) is 20.7 Å². The summed E-state index contributed by atoms with van der Waals surface area (Å²) in [6, 6.07) is 11.6. The van der Waals surface area contributed by atoms with Crippen LogP contribution in [0.4, 0.5) is 5.69 Å². The van der Waals surface area contributed by atoms with E-state index in [1.807, 2.05) is 0 Å². The Labute approximate surface area is 137 Å². The fraction of sp³-hybridized carbons (Fsp3) is 0.0667. The molecular weight excluding hydrogens is 340 g/mol. The van der Waals surface area contributed by atoms with Crippen LogP contribution in [0.5, 0.6) is 0 Å². The predicted molar refractivity (Wildman–Crippen MR) is 87.3 cm³/mol. The number of carbonyl (C=O) groups is 2. The van der Waals surface area contributed by atoms with E-state index in [1.165, 1.54) is 55.6 Å². The maximum absolute atomic E-state index is 12.1. The van der Waals surface area contributed by atoms with Crippen LogP contribution in [0.25, 0.3) is 0 Å². The third-order valence-electron chi connectivity index (χ3n) is 3.03. The molecule has 2 amide bonds. The molecule has 0 fully saturated rings. The van der Waals surface area contributed by atoms with Gasteiger partial charge in [-0.2, -0.15) is 0 Å². The Bertz CT molecular complexity index is 831. The molecule has 0 saturated carbocycles. The number of benzene rings is 2. The molecule has 0 aliphatic heterocycles. The Morgan fingerprint density at radius 1 is 0.870 bits per heavy atom. The predicted octanol–water partition coefficient (Wildman–Crippen LogP) is 2.23. The molecule has 0 aliphatic rings. The van der Waals surface area contributed by atoms with Gasteiger partial charge in [0, 0.05) is 34.5 Å². The Morgan fingerprint density at radius 2 is 1.35 bits per heavy atom. The van der Waals surface area contributed by atoms with Crippen LogP contribution < -0.4 is 10.6 Å². The Morgan fingerprint density at radius 3 is 1.78 bits per heavy atom. The fourth-order valence-corrected chi connectivity index (χ4v) is 2.59. The van der Waals surface area contributed by atoms with Gasteiger partial charge in [-0.15, -0.1) is 0 Å². The maximum Gasteiger partial charge on any atom is 0.261 e. The second-order valence-corrected chi connectivity index (χ2v) is 7.14. The van der Waals surface area contributed by atoms with E-state index in [4.69, 9.17) is 10.7 Å². The summed E-state index contributed by atoms with van der Waals surface area (Å²) in [7, 11) is 2.94. The number of carbonyl (C=O) groups excluding carboxylic acids is 2. The SMILES string of the molecule is CNC(=O)c1ccc(C(=O)Nc2ccc(S(=O)(=O)Cl)cc2)cc1. The maximum atomic E-state index is 12.1. The van der Waals surface area contributed by atoms with E-state index >= 15 is 0 Å².